The highest BCUT2D eigenvalue weighted by atomic mass is 16.2. The summed E-state index contributed by atoms with van der Waals surface area (Å²) in [5.41, 5.74) is -0.0110. The van der Waals surface area contributed by atoms with E-state index in [-0.39, 0.29) is 23.1 Å². The minimum Gasteiger partial charge on any atom is -0.283 e. The van der Waals surface area contributed by atoms with Gasteiger partial charge in [0.25, 0.3) is 0 Å². The van der Waals surface area contributed by atoms with Crippen LogP contribution in [-0.4, -0.2) is 23.3 Å². The molecule has 116 valence electrons. The van der Waals surface area contributed by atoms with Crippen molar-refractivity contribution in [2.75, 3.05) is 6.54 Å². The predicted octanol–water partition coefficient (Wildman–Crippen LogP) is 4.16. The molecule has 0 aromatic carbocycles. The number of hydrogen-bond acceptors (Lipinski definition) is 2. The lowest BCUT2D eigenvalue weighted by Crippen LogP contribution is -2.36. The summed E-state index contributed by atoms with van der Waals surface area (Å²) in [5, 5.41) is 0. The van der Waals surface area contributed by atoms with Gasteiger partial charge in [-0.15, -0.1) is 0 Å². The second kappa shape index (κ2) is 7.80. The molecular formula is C17H31NO2. The van der Waals surface area contributed by atoms with Gasteiger partial charge in [0.05, 0.1) is 5.92 Å². The standard InChI is InChI=1S/C17H31NO2/c1-5-8-9-10-11-12-17(4,6-2)14-13-15(19)18(7-3)16(14)20/h14H,5-13H2,1-4H3. The highest BCUT2D eigenvalue weighted by Gasteiger charge is 2.46. The number of imide groups is 1. The van der Waals surface area contributed by atoms with E-state index in [1.165, 1.54) is 37.0 Å². The Kier molecular flexibility index (Phi) is 6.70. The molecule has 1 aliphatic rings. The molecule has 1 saturated heterocycles. The first-order chi connectivity index (χ1) is 9.50. The van der Waals surface area contributed by atoms with Crippen molar-refractivity contribution in [2.45, 2.75) is 79.1 Å². The third kappa shape index (κ3) is 3.83. The van der Waals surface area contributed by atoms with Crippen molar-refractivity contribution in [3.8, 4) is 0 Å². The van der Waals surface area contributed by atoms with Crippen LogP contribution in [0.3, 0.4) is 0 Å². The molecule has 0 saturated carbocycles. The van der Waals surface area contributed by atoms with Crippen LogP contribution in [-0.2, 0) is 9.59 Å². The van der Waals surface area contributed by atoms with E-state index in [9.17, 15) is 9.59 Å². The van der Waals surface area contributed by atoms with Crippen LogP contribution in [0.5, 0.6) is 0 Å². The number of unbranched alkanes of at least 4 members (excludes halogenated alkanes) is 4. The average Bonchev–Trinajstić information content (AvgIpc) is 2.73. The molecule has 2 atom stereocenters. The van der Waals surface area contributed by atoms with E-state index in [0.29, 0.717) is 13.0 Å². The minimum absolute atomic E-state index is 0.0110. The van der Waals surface area contributed by atoms with Crippen LogP contribution in [0.25, 0.3) is 0 Å². The van der Waals surface area contributed by atoms with Gasteiger partial charge >= 0.3 is 0 Å². The molecule has 2 amide bonds. The molecule has 0 aromatic rings. The smallest absolute Gasteiger partial charge is 0.233 e. The molecule has 1 heterocycles. The van der Waals surface area contributed by atoms with Crippen molar-refractivity contribution in [3.05, 3.63) is 0 Å². The Hall–Kier alpha value is -0.860. The highest BCUT2D eigenvalue weighted by Crippen LogP contribution is 2.42. The highest BCUT2D eigenvalue weighted by molar-refractivity contribution is 6.03. The second-order valence-corrected chi connectivity index (χ2v) is 6.40. The van der Waals surface area contributed by atoms with Crippen molar-refractivity contribution in [3.63, 3.8) is 0 Å². The Balaban J connectivity index is 2.59. The van der Waals surface area contributed by atoms with Gasteiger partial charge in [-0.3, -0.25) is 14.5 Å². The van der Waals surface area contributed by atoms with E-state index in [0.717, 1.165) is 12.8 Å². The van der Waals surface area contributed by atoms with Gasteiger partial charge in [-0.25, -0.2) is 0 Å². The van der Waals surface area contributed by atoms with Gasteiger partial charge in [-0.05, 0) is 25.2 Å². The zero-order valence-electron chi connectivity index (χ0n) is 13.7. The molecule has 3 nitrogen and oxygen atoms in total. The first-order valence-corrected chi connectivity index (χ1v) is 8.34. The summed E-state index contributed by atoms with van der Waals surface area (Å²) in [5.74, 6) is -0.00492. The summed E-state index contributed by atoms with van der Waals surface area (Å²) in [4.78, 5) is 25.7. The summed E-state index contributed by atoms with van der Waals surface area (Å²) >= 11 is 0. The maximum absolute atomic E-state index is 12.4. The first-order valence-electron chi connectivity index (χ1n) is 8.34. The molecule has 1 aliphatic heterocycles. The third-order valence-corrected chi connectivity index (χ3v) is 5.06. The quantitative estimate of drug-likeness (QED) is 0.470. The molecule has 0 spiro atoms. The van der Waals surface area contributed by atoms with Crippen molar-refractivity contribution >= 4 is 11.8 Å². The molecule has 1 fully saturated rings. The summed E-state index contributed by atoms with van der Waals surface area (Å²) in [7, 11) is 0. The number of nitrogens with zero attached hydrogens (tertiary/aromatic N) is 1. The molecule has 0 bridgehead atoms. The van der Waals surface area contributed by atoms with Crippen LogP contribution in [0.4, 0.5) is 0 Å². The maximum atomic E-state index is 12.4. The monoisotopic (exact) mass is 281 g/mol. The van der Waals surface area contributed by atoms with Crippen LogP contribution >= 0.6 is 0 Å². The summed E-state index contributed by atoms with van der Waals surface area (Å²) in [6, 6.07) is 0. The fourth-order valence-electron chi connectivity index (χ4n) is 3.29. The molecule has 3 heteroatoms. The van der Waals surface area contributed by atoms with Gasteiger partial charge in [0.15, 0.2) is 0 Å². The van der Waals surface area contributed by atoms with Gasteiger partial charge in [-0.1, -0.05) is 52.9 Å². The SMILES string of the molecule is CCCCCCCC(C)(CC)C1CC(=O)N(CC)C1=O. The minimum atomic E-state index is -0.0916. The molecule has 2 unspecified atom stereocenters. The Morgan fingerprint density at radius 3 is 2.25 bits per heavy atom. The zero-order valence-corrected chi connectivity index (χ0v) is 13.7. The van der Waals surface area contributed by atoms with E-state index in [1.807, 2.05) is 6.92 Å². The molecule has 0 aliphatic carbocycles. The fraction of sp³-hybridized carbons (Fsp3) is 0.882. The normalized spacial score (nSPS) is 22.4. The van der Waals surface area contributed by atoms with E-state index in [1.54, 1.807) is 0 Å². The Labute approximate surface area is 124 Å². The van der Waals surface area contributed by atoms with Gasteiger partial charge in [-0.2, -0.15) is 0 Å². The van der Waals surface area contributed by atoms with Crippen LogP contribution in [0.15, 0.2) is 0 Å². The van der Waals surface area contributed by atoms with E-state index < -0.39 is 0 Å². The van der Waals surface area contributed by atoms with Crippen LogP contribution in [0.1, 0.15) is 79.1 Å². The molecule has 1 rings (SSSR count). The Morgan fingerprint density at radius 1 is 1.10 bits per heavy atom. The van der Waals surface area contributed by atoms with Gasteiger partial charge in [0.2, 0.25) is 11.8 Å². The second-order valence-electron chi connectivity index (χ2n) is 6.40. The molecule has 0 aromatic heterocycles. The van der Waals surface area contributed by atoms with Gasteiger partial charge in [0.1, 0.15) is 0 Å². The topological polar surface area (TPSA) is 37.4 Å². The lowest BCUT2D eigenvalue weighted by Gasteiger charge is -2.33. The number of carbonyl (C=O) groups is 2. The lowest BCUT2D eigenvalue weighted by atomic mass is 9.70. The van der Waals surface area contributed by atoms with Crippen LogP contribution in [0.2, 0.25) is 0 Å². The zero-order chi connectivity index (χ0) is 15.2. The molecule has 0 radical (unpaired) electrons. The van der Waals surface area contributed by atoms with Crippen molar-refractivity contribution in [2.24, 2.45) is 11.3 Å². The Bertz CT molecular complexity index is 340. The molecule has 0 N–H and O–H groups in total. The number of carbonyl (C=O) groups excluding carboxylic acids is 2. The van der Waals surface area contributed by atoms with Crippen molar-refractivity contribution in [1.29, 1.82) is 0 Å². The number of amides is 2. The fourth-order valence-corrected chi connectivity index (χ4v) is 3.29. The maximum Gasteiger partial charge on any atom is 0.233 e. The number of rotatable bonds is 9. The van der Waals surface area contributed by atoms with E-state index in [2.05, 4.69) is 20.8 Å². The first kappa shape index (κ1) is 17.2. The van der Waals surface area contributed by atoms with E-state index >= 15 is 0 Å². The van der Waals surface area contributed by atoms with E-state index in [4.69, 9.17) is 0 Å². The van der Waals surface area contributed by atoms with Crippen molar-refractivity contribution < 1.29 is 9.59 Å². The van der Waals surface area contributed by atoms with Gasteiger partial charge < -0.3 is 0 Å². The summed E-state index contributed by atoms with van der Waals surface area (Å²) < 4.78 is 0. The molecular weight excluding hydrogens is 250 g/mol. The number of hydrogen-bond donors (Lipinski definition) is 0. The summed E-state index contributed by atoms with van der Waals surface area (Å²) in [6.45, 7) is 8.97. The van der Waals surface area contributed by atoms with Crippen LogP contribution in [0, 0.1) is 11.3 Å². The summed E-state index contributed by atoms with van der Waals surface area (Å²) in [6.07, 6.45) is 8.72. The third-order valence-electron chi connectivity index (χ3n) is 5.06. The van der Waals surface area contributed by atoms with Gasteiger partial charge in [0, 0.05) is 13.0 Å². The van der Waals surface area contributed by atoms with Crippen molar-refractivity contribution in [1.82, 2.24) is 4.90 Å². The molecule has 20 heavy (non-hydrogen) atoms. The lowest BCUT2D eigenvalue weighted by molar-refractivity contribution is -0.140. The predicted molar refractivity (Wildman–Crippen MR) is 82.3 cm³/mol. The number of likely N-dealkylation sites (tertiary alicyclic amines) is 1. The largest absolute Gasteiger partial charge is 0.283 e. The Morgan fingerprint density at radius 2 is 1.75 bits per heavy atom. The average molecular weight is 281 g/mol. The van der Waals surface area contributed by atoms with Crippen LogP contribution < -0.4 is 0 Å².